The summed E-state index contributed by atoms with van der Waals surface area (Å²) in [6.45, 7) is 8.46. The van der Waals surface area contributed by atoms with Crippen molar-refractivity contribution in [1.82, 2.24) is 10.3 Å². The van der Waals surface area contributed by atoms with Crippen molar-refractivity contribution in [3.63, 3.8) is 0 Å². The molecule has 2 unspecified atom stereocenters. The molecule has 2 fully saturated rings. The summed E-state index contributed by atoms with van der Waals surface area (Å²) in [5.41, 5.74) is 7.62. The quantitative estimate of drug-likeness (QED) is 0.523. The summed E-state index contributed by atoms with van der Waals surface area (Å²) < 4.78 is 0. The van der Waals surface area contributed by atoms with Gasteiger partial charge in [-0.25, -0.2) is 4.98 Å². The van der Waals surface area contributed by atoms with E-state index >= 15 is 0 Å². The number of Topliss-reactive ketones (excluding diaryl/α,β-unsaturated/α-hetero) is 1. The Labute approximate surface area is 206 Å². The summed E-state index contributed by atoms with van der Waals surface area (Å²) in [5.74, 6) is 0.224. The number of nitrogens with two attached hydrogens (primary N) is 1. The topological polar surface area (TPSA) is 117 Å². The number of benzene rings is 1. The second-order valence-electron chi connectivity index (χ2n) is 10.9. The molecular formula is C27H35N5O3. The van der Waals surface area contributed by atoms with Crippen LogP contribution < -0.4 is 21.3 Å². The average Bonchev–Trinajstić information content (AvgIpc) is 3.07. The van der Waals surface area contributed by atoms with Gasteiger partial charge >= 0.3 is 0 Å². The largest absolute Gasteiger partial charge is 0.384 e. The van der Waals surface area contributed by atoms with Crippen LogP contribution >= 0.6 is 0 Å². The molecule has 3 heterocycles. The van der Waals surface area contributed by atoms with Crippen molar-refractivity contribution in [2.45, 2.75) is 71.5 Å². The zero-order chi connectivity index (χ0) is 25.3. The number of amides is 2. The summed E-state index contributed by atoms with van der Waals surface area (Å²) in [4.78, 5) is 43.5. The Morgan fingerprint density at radius 1 is 1.06 bits per heavy atom. The van der Waals surface area contributed by atoms with Crippen LogP contribution in [0.3, 0.4) is 0 Å². The molecule has 2 bridgehead atoms. The Balaban J connectivity index is 1.44. The van der Waals surface area contributed by atoms with Gasteiger partial charge in [0, 0.05) is 47.7 Å². The van der Waals surface area contributed by atoms with Crippen LogP contribution in [0.5, 0.6) is 0 Å². The van der Waals surface area contributed by atoms with Gasteiger partial charge in [-0.05, 0) is 68.4 Å². The molecule has 8 heteroatoms. The van der Waals surface area contributed by atoms with Crippen LogP contribution in [0.25, 0.3) is 0 Å². The highest BCUT2D eigenvalue weighted by Crippen LogP contribution is 2.38. The molecule has 186 valence electrons. The summed E-state index contributed by atoms with van der Waals surface area (Å²) in [6, 6.07) is 9.41. The van der Waals surface area contributed by atoms with Gasteiger partial charge in [-0.15, -0.1) is 0 Å². The molecule has 1 aromatic heterocycles. The van der Waals surface area contributed by atoms with Crippen molar-refractivity contribution in [1.29, 1.82) is 0 Å². The number of nitrogens with one attached hydrogen (secondary N) is 2. The summed E-state index contributed by atoms with van der Waals surface area (Å²) in [5, 5.41) is 6.48. The second-order valence-corrected chi connectivity index (χ2v) is 10.9. The maximum absolute atomic E-state index is 13.1. The summed E-state index contributed by atoms with van der Waals surface area (Å²) in [6.07, 6.45) is 5.44. The third kappa shape index (κ3) is 5.63. The van der Waals surface area contributed by atoms with Crippen molar-refractivity contribution in [3.05, 3.63) is 53.2 Å². The van der Waals surface area contributed by atoms with E-state index in [9.17, 15) is 14.4 Å². The highest BCUT2D eigenvalue weighted by atomic mass is 16.2. The SMILES string of the molecule is CC(=O)c1ccc(N2C3CCC2CC(NC(=O)c2ccc(C(N)=O)c(NCC(C)(C)C)c2)C3)nc1. The van der Waals surface area contributed by atoms with E-state index in [0.717, 1.165) is 31.5 Å². The Kier molecular flexibility index (Phi) is 6.83. The minimum atomic E-state index is -0.526. The summed E-state index contributed by atoms with van der Waals surface area (Å²) in [7, 11) is 0. The molecule has 0 spiro atoms. The van der Waals surface area contributed by atoms with E-state index in [1.54, 1.807) is 31.3 Å². The van der Waals surface area contributed by atoms with E-state index in [1.807, 2.05) is 12.1 Å². The highest BCUT2D eigenvalue weighted by molar-refractivity contribution is 6.02. The van der Waals surface area contributed by atoms with Crippen molar-refractivity contribution in [2.24, 2.45) is 11.1 Å². The zero-order valence-corrected chi connectivity index (χ0v) is 20.9. The van der Waals surface area contributed by atoms with Gasteiger partial charge in [0.2, 0.25) is 0 Å². The standard InChI is InChI=1S/C27H35N5O3/c1-16(33)18-6-10-24(29-14-18)32-20-7-8-21(32)13-19(12-20)31-26(35)17-5-9-22(25(28)34)23(11-17)30-15-27(2,3)4/h5-6,9-11,14,19-21,30H,7-8,12-13,15H2,1-4H3,(H2,28,34)(H,31,35). The fourth-order valence-corrected chi connectivity index (χ4v) is 5.09. The van der Waals surface area contributed by atoms with Crippen LogP contribution in [0.15, 0.2) is 36.5 Å². The first-order valence-corrected chi connectivity index (χ1v) is 12.3. The van der Waals surface area contributed by atoms with Gasteiger partial charge in [0.15, 0.2) is 5.78 Å². The molecule has 0 radical (unpaired) electrons. The maximum atomic E-state index is 13.1. The first-order chi connectivity index (χ1) is 16.5. The van der Waals surface area contributed by atoms with Crippen LogP contribution in [0.4, 0.5) is 11.5 Å². The molecule has 1 aromatic carbocycles. The fraction of sp³-hybridized carbons (Fsp3) is 0.481. The van der Waals surface area contributed by atoms with E-state index in [2.05, 4.69) is 41.3 Å². The Bertz CT molecular complexity index is 1110. The molecule has 2 saturated heterocycles. The van der Waals surface area contributed by atoms with Gasteiger partial charge in [-0.3, -0.25) is 14.4 Å². The Morgan fingerprint density at radius 2 is 1.71 bits per heavy atom. The lowest BCUT2D eigenvalue weighted by Gasteiger charge is -2.40. The number of anilines is 2. The number of rotatable bonds is 7. The van der Waals surface area contributed by atoms with E-state index in [4.69, 9.17) is 5.73 Å². The van der Waals surface area contributed by atoms with Crippen molar-refractivity contribution in [2.75, 3.05) is 16.8 Å². The normalized spacial score (nSPS) is 21.5. The van der Waals surface area contributed by atoms with E-state index in [0.29, 0.717) is 41.0 Å². The van der Waals surface area contributed by atoms with Gasteiger partial charge in [0.1, 0.15) is 5.82 Å². The van der Waals surface area contributed by atoms with Gasteiger partial charge in [-0.1, -0.05) is 20.8 Å². The molecule has 4 rings (SSSR count). The van der Waals surface area contributed by atoms with Crippen LogP contribution in [-0.4, -0.2) is 47.3 Å². The van der Waals surface area contributed by atoms with Gasteiger partial charge in [0.05, 0.1) is 5.56 Å². The molecule has 35 heavy (non-hydrogen) atoms. The molecule has 2 aliphatic rings. The zero-order valence-electron chi connectivity index (χ0n) is 20.9. The predicted octanol–water partition coefficient (Wildman–Crippen LogP) is 3.77. The predicted molar refractivity (Wildman–Crippen MR) is 137 cm³/mol. The van der Waals surface area contributed by atoms with Crippen molar-refractivity contribution >= 4 is 29.1 Å². The lowest BCUT2D eigenvalue weighted by molar-refractivity contribution is 0.0924. The number of pyridine rings is 1. The number of hydrogen-bond donors (Lipinski definition) is 3. The lowest BCUT2D eigenvalue weighted by Crippen LogP contribution is -2.50. The number of hydrogen-bond acceptors (Lipinski definition) is 6. The van der Waals surface area contributed by atoms with Crippen LogP contribution in [0.1, 0.15) is 84.5 Å². The van der Waals surface area contributed by atoms with Crippen LogP contribution in [0, 0.1) is 5.41 Å². The minimum absolute atomic E-state index is 0.00166. The monoisotopic (exact) mass is 477 g/mol. The molecule has 2 aromatic rings. The third-order valence-corrected chi connectivity index (χ3v) is 6.84. The molecule has 2 aliphatic heterocycles. The number of carbonyl (C=O) groups is 3. The average molecular weight is 478 g/mol. The Hall–Kier alpha value is -3.42. The van der Waals surface area contributed by atoms with Crippen LogP contribution in [0.2, 0.25) is 0 Å². The maximum Gasteiger partial charge on any atom is 0.251 e. The molecule has 2 amide bonds. The van der Waals surface area contributed by atoms with Gasteiger partial charge in [-0.2, -0.15) is 0 Å². The number of aromatic nitrogens is 1. The number of ketones is 1. The number of piperidine rings is 1. The summed E-state index contributed by atoms with van der Waals surface area (Å²) >= 11 is 0. The van der Waals surface area contributed by atoms with E-state index in [1.165, 1.54) is 0 Å². The first kappa shape index (κ1) is 24.7. The molecule has 0 saturated carbocycles. The van der Waals surface area contributed by atoms with Crippen molar-refractivity contribution < 1.29 is 14.4 Å². The number of nitrogens with zero attached hydrogens (tertiary/aromatic N) is 2. The smallest absolute Gasteiger partial charge is 0.251 e. The van der Waals surface area contributed by atoms with Gasteiger partial charge in [0.25, 0.3) is 11.8 Å². The third-order valence-electron chi connectivity index (χ3n) is 6.84. The number of carbonyl (C=O) groups excluding carboxylic acids is 3. The molecule has 8 nitrogen and oxygen atoms in total. The number of primary amides is 1. The minimum Gasteiger partial charge on any atom is -0.384 e. The second kappa shape index (κ2) is 9.68. The first-order valence-electron chi connectivity index (χ1n) is 12.3. The molecule has 4 N–H and O–H groups in total. The Morgan fingerprint density at radius 3 is 2.26 bits per heavy atom. The fourth-order valence-electron chi connectivity index (χ4n) is 5.09. The van der Waals surface area contributed by atoms with Gasteiger partial charge < -0.3 is 21.3 Å². The lowest BCUT2D eigenvalue weighted by atomic mass is 9.96. The van der Waals surface area contributed by atoms with Crippen LogP contribution in [-0.2, 0) is 0 Å². The highest BCUT2D eigenvalue weighted by Gasteiger charge is 2.41. The van der Waals surface area contributed by atoms with E-state index < -0.39 is 5.91 Å². The van der Waals surface area contributed by atoms with E-state index in [-0.39, 0.29) is 23.1 Å². The number of fused-ring (bicyclic) bond motifs is 2. The molecular weight excluding hydrogens is 442 g/mol. The molecule has 2 atom stereocenters. The molecule has 0 aliphatic carbocycles. The van der Waals surface area contributed by atoms with Crippen molar-refractivity contribution in [3.8, 4) is 0 Å².